The maximum absolute atomic E-state index is 12.8. The highest BCUT2D eigenvalue weighted by atomic mass is 16.5. The molecule has 0 saturated carbocycles. The van der Waals surface area contributed by atoms with Gasteiger partial charge in [0.1, 0.15) is 5.82 Å². The first-order chi connectivity index (χ1) is 14.7. The van der Waals surface area contributed by atoms with E-state index in [4.69, 9.17) is 9.51 Å². The second-order valence-corrected chi connectivity index (χ2v) is 9.87. The van der Waals surface area contributed by atoms with Crippen LogP contribution in [0.3, 0.4) is 0 Å². The Balaban J connectivity index is 1.44. The number of piperidine rings is 2. The van der Waals surface area contributed by atoms with E-state index in [1.54, 1.807) is 17.7 Å². The predicted molar refractivity (Wildman–Crippen MR) is 116 cm³/mol. The Morgan fingerprint density at radius 3 is 2.58 bits per heavy atom. The summed E-state index contributed by atoms with van der Waals surface area (Å²) in [4.78, 5) is 34.7. The third-order valence-corrected chi connectivity index (χ3v) is 6.33. The predicted octanol–water partition coefficient (Wildman–Crippen LogP) is 2.26. The van der Waals surface area contributed by atoms with E-state index in [0.717, 1.165) is 30.7 Å². The number of hydrogen-bond donors (Lipinski definition) is 0. The van der Waals surface area contributed by atoms with Gasteiger partial charge in [0.2, 0.25) is 5.76 Å². The first-order valence-corrected chi connectivity index (χ1v) is 10.8. The van der Waals surface area contributed by atoms with Gasteiger partial charge in [-0.15, -0.1) is 0 Å². The molecule has 6 rings (SSSR count). The van der Waals surface area contributed by atoms with Crippen molar-refractivity contribution in [3.8, 4) is 0 Å². The van der Waals surface area contributed by atoms with Gasteiger partial charge in [0.15, 0.2) is 5.65 Å². The molecular formula is C22H28N6O3. The van der Waals surface area contributed by atoms with Crippen LogP contribution in [0.15, 0.2) is 33.7 Å². The van der Waals surface area contributed by atoms with Crippen LogP contribution in [0.25, 0.3) is 11.2 Å². The fourth-order valence-corrected chi connectivity index (χ4v) is 4.88. The molecule has 3 saturated heterocycles. The second kappa shape index (κ2) is 6.96. The average Bonchev–Trinajstić information content (AvgIpc) is 3.36. The van der Waals surface area contributed by atoms with Gasteiger partial charge >= 0.3 is 5.69 Å². The quantitative estimate of drug-likeness (QED) is 0.641. The molecule has 0 spiro atoms. The van der Waals surface area contributed by atoms with Crippen LogP contribution in [-0.2, 0) is 13.6 Å². The largest absolute Gasteiger partial charge is 0.351 e. The number of nitrogens with zero attached hydrogens (tertiary/aromatic N) is 6. The number of piperazine rings is 1. The molecule has 3 aliphatic heterocycles. The van der Waals surface area contributed by atoms with Crippen molar-refractivity contribution in [2.24, 2.45) is 12.5 Å². The summed E-state index contributed by atoms with van der Waals surface area (Å²) >= 11 is 0. The van der Waals surface area contributed by atoms with Crippen LogP contribution in [0.1, 0.15) is 44.2 Å². The zero-order chi connectivity index (χ0) is 21.9. The Kier molecular flexibility index (Phi) is 4.46. The Morgan fingerprint density at radius 1 is 1.16 bits per heavy atom. The van der Waals surface area contributed by atoms with Gasteiger partial charge in [0.05, 0.1) is 11.7 Å². The van der Waals surface area contributed by atoms with Gasteiger partial charge < -0.3 is 14.3 Å². The zero-order valence-electron chi connectivity index (χ0n) is 18.4. The van der Waals surface area contributed by atoms with E-state index in [0.29, 0.717) is 18.7 Å². The monoisotopic (exact) mass is 424 g/mol. The molecule has 0 aliphatic carbocycles. The second-order valence-electron chi connectivity index (χ2n) is 9.87. The van der Waals surface area contributed by atoms with Crippen molar-refractivity contribution in [2.75, 3.05) is 18.0 Å². The summed E-state index contributed by atoms with van der Waals surface area (Å²) in [5.74, 6) is 1.04. The van der Waals surface area contributed by atoms with Crippen LogP contribution in [0.5, 0.6) is 0 Å². The number of fused-ring (bicyclic) bond motifs is 4. The van der Waals surface area contributed by atoms with Gasteiger partial charge in [-0.25, -0.2) is 9.78 Å². The molecule has 9 heteroatoms. The zero-order valence-corrected chi connectivity index (χ0v) is 18.4. The lowest BCUT2D eigenvalue weighted by Gasteiger charge is -2.51. The molecular weight excluding hydrogens is 396 g/mol. The number of imidazole rings is 1. The molecule has 9 nitrogen and oxygen atoms in total. The topological polar surface area (TPSA) is 89.4 Å². The van der Waals surface area contributed by atoms with Crippen LogP contribution in [-0.4, -0.2) is 55.3 Å². The number of rotatable bonds is 3. The Hall–Kier alpha value is -3.10. The smallest absolute Gasteiger partial charge is 0.330 e. The minimum atomic E-state index is -0.100. The molecule has 3 aromatic rings. The average molecular weight is 425 g/mol. The minimum absolute atomic E-state index is 0.0116. The van der Waals surface area contributed by atoms with Gasteiger partial charge in [-0.05, 0) is 30.4 Å². The molecule has 2 unspecified atom stereocenters. The van der Waals surface area contributed by atoms with Crippen LogP contribution in [0.4, 0.5) is 5.82 Å². The van der Waals surface area contributed by atoms with Gasteiger partial charge in [-0.1, -0.05) is 25.9 Å². The molecule has 2 bridgehead atoms. The molecule has 3 aliphatic rings. The standard InChI is InChI=1S/C22H28N6O3/c1-22(2,3)13-28-16-7-8-18(24-19(16)25(4)21(28)30)26-11-15-6-5-14(26)12-27(15)20(29)17-9-10-23-31-17/h7-10,14-15H,5-6,11-13H2,1-4H3. The van der Waals surface area contributed by atoms with Crippen molar-refractivity contribution in [1.29, 1.82) is 0 Å². The van der Waals surface area contributed by atoms with E-state index in [2.05, 4.69) is 30.8 Å². The van der Waals surface area contributed by atoms with Crippen molar-refractivity contribution < 1.29 is 9.32 Å². The van der Waals surface area contributed by atoms with E-state index < -0.39 is 0 Å². The number of anilines is 1. The fourth-order valence-electron chi connectivity index (χ4n) is 4.88. The number of amides is 1. The maximum Gasteiger partial charge on any atom is 0.330 e. The number of hydrogen-bond acceptors (Lipinski definition) is 6. The van der Waals surface area contributed by atoms with Gasteiger partial charge in [0, 0.05) is 44.8 Å². The molecule has 0 N–H and O–H groups in total. The first-order valence-electron chi connectivity index (χ1n) is 10.8. The van der Waals surface area contributed by atoms with Crippen LogP contribution < -0.4 is 10.6 Å². The third kappa shape index (κ3) is 3.32. The normalized spacial score (nSPS) is 21.3. The summed E-state index contributed by atoms with van der Waals surface area (Å²) < 4.78 is 8.52. The van der Waals surface area contributed by atoms with E-state index in [1.165, 1.54) is 6.20 Å². The van der Waals surface area contributed by atoms with Gasteiger partial charge in [0.25, 0.3) is 5.91 Å². The Morgan fingerprint density at radius 2 is 1.94 bits per heavy atom. The summed E-state index contributed by atoms with van der Waals surface area (Å²) in [5, 5.41) is 3.66. The number of aromatic nitrogens is 4. The third-order valence-electron chi connectivity index (χ3n) is 6.33. The lowest BCUT2D eigenvalue weighted by Crippen LogP contribution is -2.64. The number of carbonyl (C=O) groups is 1. The summed E-state index contributed by atoms with van der Waals surface area (Å²) in [6, 6.07) is 5.92. The van der Waals surface area contributed by atoms with Crippen LogP contribution >= 0.6 is 0 Å². The number of aryl methyl sites for hydroxylation is 1. The highest BCUT2D eigenvalue weighted by molar-refractivity contribution is 5.92. The first kappa shape index (κ1) is 19.8. The Bertz CT molecular complexity index is 1190. The Labute approximate surface area is 180 Å². The van der Waals surface area contributed by atoms with Gasteiger partial charge in [-0.3, -0.25) is 13.9 Å². The summed E-state index contributed by atoms with van der Waals surface area (Å²) in [5.41, 5.74) is 1.50. The van der Waals surface area contributed by atoms with Crippen molar-refractivity contribution in [2.45, 2.75) is 52.2 Å². The van der Waals surface area contributed by atoms with Crippen molar-refractivity contribution >= 4 is 22.9 Å². The van der Waals surface area contributed by atoms with Crippen molar-refractivity contribution in [1.82, 2.24) is 24.2 Å². The SMILES string of the molecule is Cn1c(=O)n(CC(C)(C)C)c2ccc(N3CC4CCC3CN4C(=O)c3ccno3)nc21. The van der Waals surface area contributed by atoms with Crippen molar-refractivity contribution in [3.05, 3.63) is 40.6 Å². The number of carbonyl (C=O) groups excluding carboxylic acids is 1. The lowest BCUT2D eigenvalue weighted by atomic mass is 9.90. The van der Waals surface area contributed by atoms with Crippen LogP contribution in [0, 0.1) is 5.41 Å². The lowest BCUT2D eigenvalue weighted by molar-refractivity contribution is 0.0464. The summed E-state index contributed by atoms with van der Waals surface area (Å²) in [7, 11) is 1.78. The number of pyridine rings is 1. The molecule has 1 amide bonds. The molecule has 0 radical (unpaired) electrons. The fraction of sp³-hybridized carbons (Fsp3) is 0.545. The molecule has 164 valence electrons. The van der Waals surface area contributed by atoms with Gasteiger partial charge in [-0.2, -0.15) is 0 Å². The molecule has 2 atom stereocenters. The summed E-state index contributed by atoms with van der Waals surface area (Å²) in [6.07, 6.45) is 3.47. The van der Waals surface area contributed by atoms with E-state index in [1.807, 2.05) is 21.6 Å². The maximum atomic E-state index is 12.8. The molecule has 3 fully saturated rings. The van der Waals surface area contributed by atoms with Crippen LogP contribution in [0.2, 0.25) is 0 Å². The highest BCUT2D eigenvalue weighted by Crippen LogP contribution is 2.33. The molecule has 31 heavy (non-hydrogen) atoms. The molecule has 6 heterocycles. The van der Waals surface area contributed by atoms with Crippen molar-refractivity contribution in [3.63, 3.8) is 0 Å². The van der Waals surface area contributed by atoms with E-state index >= 15 is 0 Å². The highest BCUT2D eigenvalue weighted by Gasteiger charge is 2.42. The van der Waals surface area contributed by atoms with E-state index in [9.17, 15) is 9.59 Å². The molecule has 0 aromatic carbocycles. The minimum Gasteiger partial charge on any atom is -0.351 e. The summed E-state index contributed by atoms with van der Waals surface area (Å²) in [6.45, 7) is 8.36. The molecule has 3 aromatic heterocycles. The van der Waals surface area contributed by atoms with E-state index in [-0.39, 0.29) is 34.9 Å².